The van der Waals surface area contributed by atoms with E-state index in [0.717, 1.165) is 35.3 Å². The molecule has 3 aromatic rings. The third kappa shape index (κ3) is 6.35. The van der Waals surface area contributed by atoms with Crippen molar-refractivity contribution in [2.75, 3.05) is 24.6 Å². The first kappa shape index (κ1) is 23.8. The number of amides is 2. The molecule has 0 spiro atoms. The molecule has 1 heterocycles. The number of nitrogens with one attached hydrogen (secondary N) is 1. The van der Waals surface area contributed by atoms with Gasteiger partial charge in [-0.3, -0.25) is 4.79 Å². The molecule has 2 aromatic carbocycles. The molecule has 33 heavy (non-hydrogen) atoms. The zero-order valence-electron chi connectivity index (χ0n) is 18.9. The van der Waals surface area contributed by atoms with E-state index in [2.05, 4.69) is 24.1 Å². The second kappa shape index (κ2) is 11.2. The molecule has 2 amide bonds. The highest BCUT2D eigenvalue weighted by molar-refractivity contribution is 5.92. The van der Waals surface area contributed by atoms with E-state index in [1.54, 1.807) is 24.3 Å². The van der Waals surface area contributed by atoms with Gasteiger partial charge in [0.25, 0.3) is 0 Å². The van der Waals surface area contributed by atoms with Gasteiger partial charge < -0.3 is 25.1 Å². The van der Waals surface area contributed by atoms with Gasteiger partial charge >= 0.3 is 11.7 Å². The standard InChI is InChI=1S/C25H29N3O5/c1-3-28(4-2)20-10-11-21-18(14-23(29)33-22(21)15-20)9-6-12-32-25(31)27-16-17-7-5-8-19(13-17)24(26)30/h5,7-8,10-11,13-15H,3-4,6,9,12,16H2,1-2H3,(H2,26,30)(H,27,31). The highest BCUT2D eigenvalue weighted by Gasteiger charge is 2.10. The molecule has 0 aliphatic rings. The van der Waals surface area contributed by atoms with Gasteiger partial charge in [0.2, 0.25) is 5.91 Å². The molecule has 8 heteroatoms. The van der Waals surface area contributed by atoms with E-state index in [9.17, 15) is 14.4 Å². The zero-order valence-corrected chi connectivity index (χ0v) is 18.9. The molecule has 0 fully saturated rings. The van der Waals surface area contributed by atoms with Gasteiger partial charge in [0, 0.05) is 48.4 Å². The van der Waals surface area contributed by atoms with Crippen molar-refractivity contribution in [3.05, 3.63) is 75.6 Å². The third-order valence-electron chi connectivity index (χ3n) is 5.41. The number of hydrogen-bond donors (Lipinski definition) is 2. The summed E-state index contributed by atoms with van der Waals surface area (Å²) >= 11 is 0. The Kier molecular flexibility index (Phi) is 8.07. The van der Waals surface area contributed by atoms with Crippen LogP contribution in [-0.4, -0.2) is 31.7 Å². The van der Waals surface area contributed by atoms with Crippen LogP contribution in [0.3, 0.4) is 0 Å². The largest absolute Gasteiger partial charge is 0.450 e. The quantitative estimate of drug-likeness (QED) is 0.360. The minimum Gasteiger partial charge on any atom is -0.450 e. The minimum atomic E-state index is -0.555. The molecule has 0 atom stereocenters. The molecule has 174 valence electrons. The number of primary amides is 1. The maximum atomic E-state index is 12.0. The fraction of sp³-hybridized carbons (Fsp3) is 0.320. The van der Waals surface area contributed by atoms with Crippen LogP contribution in [0, 0.1) is 0 Å². The van der Waals surface area contributed by atoms with Crippen LogP contribution in [0.4, 0.5) is 10.5 Å². The van der Waals surface area contributed by atoms with Gasteiger partial charge in [-0.1, -0.05) is 12.1 Å². The number of anilines is 1. The fourth-order valence-corrected chi connectivity index (χ4v) is 3.70. The first-order chi connectivity index (χ1) is 15.9. The predicted molar refractivity (Wildman–Crippen MR) is 128 cm³/mol. The first-order valence-electron chi connectivity index (χ1n) is 11.0. The summed E-state index contributed by atoms with van der Waals surface area (Å²) in [6.07, 6.45) is 0.572. The SMILES string of the molecule is CCN(CC)c1ccc2c(CCCOC(=O)NCc3cccc(C(N)=O)c3)cc(=O)oc2c1. The topological polar surface area (TPSA) is 115 Å². The van der Waals surface area contributed by atoms with Gasteiger partial charge in [0.1, 0.15) is 5.58 Å². The molecule has 0 radical (unpaired) electrons. The average molecular weight is 452 g/mol. The number of benzene rings is 2. The Bertz CT molecular complexity index is 1180. The van der Waals surface area contributed by atoms with Crippen molar-refractivity contribution in [3.8, 4) is 0 Å². The van der Waals surface area contributed by atoms with Gasteiger partial charge in [0.15, 0.2) is 0 Å². The summed E-state index contributed by atoms with van der Waals surface area (Å²) in [6.45, 7) is 6.30. The minimum absolute atomic E-state index is 0.201. The molecule has 3 rings (SSSR count). The van der Waals surface area contributed by atoms with Gasteiger partial charge in [-0.2, -0.15) is 0 Å². The Hall–Kier alpha value is -3.81. The molecular formula is C25H29N3O5. The van der Waals surface area contributed by atoms with Crippen molar-refractivity contribution in [2.24, 2.45) is 5.73 Å². The number of carbonyl (C=O) groups excluding carboxylic acids is 2. The van der Waals surface area contributed by atoms with E-state index in [1.165, 1.54) is 6.07 Å². The third-order valence-corrected chi connectivity index (χ3v) is 5.41. The fourth-order valence-electron chi connectivity index (χ4n) is 3.70. The van der Waals surface area contributed by atoms with Crippen molar-refractivity contribution in [3.63, 3.8) is 0 Å². The van der Waals surface area contributed by atoms with E-state index >= 15 is 0 Å². The maximum absolute atomic E-state index is 12.0. The first-order valence-corrected chi connectivity index (χ1v) is 11.0. The summed E-state index contributed by atoms with van der Waals surface area (Å²) in [4.78, 5) is 37.4. The zero-order chi connectivity index (χ0) is 23.8. The Morgan fingerprint density at radius 2 is 1.88 bits per heavy atom. The lowest BCUT2D eigenvalue weighted by Crippen LogP contribution is -2.24. The molecule has 0 bridgehead atoms. The van der Waals surface area contributed by atoms with E-state index in [-0.39, 0.29) is 13.2 Å². The molecule has 0 aliphatic carbocycles. The summed E-state index contributed by atoms with van der Waals surface area (Å²) in [7, 11) is 0. The Balaban J connectivity index is 1.54. The summed E-state index contributed by atoms with van der Waals surface area (Å²) < 4.78 is 10.7. The number of hydrogen-bond acceptors (Lipinski definition) is 6. The van der Waals surface area contributed by atoms with E-state index in [0.29, 0.717) is 24.0 Å². The average Bonchev–Trinajstić information content (AvgIpc) is 2.81. The summed E-state index contributed by atoms with van der Waals surface area (Å²) in [5, 5.41) is 3.53. The van der Waals surface area contributed by atoms with Crippen molar-refractivity contribution in [2.45, 2.75) is 33.2 Å². The van der Waals surface area contributed by atoms with Crippen LogP contribution in [0.2, 0.25) is 0 Å². The van der Waals surface area contributed by atoms with Crippen LogP contribution in [0.5, 0.6) is 0 Å². The maximum Gasteiger partial charge on any atom is 0.407 e. The predicted octanol–water partition coefficient (Wildman–Crippen LogP) is 3.60. The monoisotopic (exact) mass is 451 g/mol. The number of rotatable bonds is 10. The molecule has 3 N–H and O–H groups in total. The number of aryl methyl sites for hydroxylation is 1. The van der Waals surface area contributed by atoms with Crippen LogP contribution >= 0.6 is 0 Å². The Labute approximate surface area is 192 Å². The van der Waals surface area contributed by atoms with E-state index in [4.69, 9.17) is 14.9 Å². The van der Waals surface area contributed by atoms with Crippen LogP contribution in [0.15, 0.2) is 57.7 Å². The molecular weight excluding hydrogens is 422 g/mol. The second-order valence-electron chi connectivity index (χ2n) is 7.60. The van der Waals surface area contributed by atoms with E-state index in [1.807, 2.05) is 18.2 Å². The lowest BCUT2D eigenvalue weighted by Gasteiger charge is -2.21. The number of fused-ring (bicyclic) bond motifs is 1. The van der Waals surface area contributed by atoms with Gasteiger partial charge in [-0.15, -0.1) is 0 Å². The number of nitrogens with two attached hydrogens (primary N) is 1. The van der Waals surface area contributed by atoms with Gasteiger partial charge in [-0.05, 0) is 62.1 Å². The Morgan fingerprint density at radius 3 is 2.61 bits per heavy atom. The Morgan fingerprint density at radius 1 is 1.09 bits per heavy atom. The van der Waals surface area contributed by atoms with E-state index < -0.39 is 17.6 Å². The van der Waals surface area contributed by atoms with Crippen molar-refractivity contribution in [1.29, 1.82) is 0 Å². The second-order valence-corrected chi connectivity index (χ2v) is 7.60. The van der Waals surface area contributed by atoms with Crippen molar-refractivity contribution < 1.29 is 18.7 Å². The smallest absolute Gasteiger partial charge is 0.407 e. The molecule has 1 aromatic heterocycles. The van der Waals surface area contributed by atoms with Crippen LogP contribution < -0.4 is 21.6 Å². The molecule has 0 aliphatic heterocycles. The normalized spacial score (nSPS) is 10.7. The molecule has 0 saturated carbocycles. The lowest BCUT2D eigenvalue weighted by molar-refractivity contribution is 0.1000. The van der Waals surface area contributed by atoms with Crippen LogP contribution in [-0.2, 0) is 17.7 Å². The summed E-state index contributed by atoms with van der Waals surface area (Å²) in [5.74, 6) is -0.522. The van der Waals surface area contributed by atoms with Crippen LogP contribution in [0.25, 0.3) is 11.0 Å². The number of nitrogens with zero attached hydrogens (tertiary/aromatic N) is 1. The number of carbonyl (C=O) groups is 2. The van der Waals surface area contributed by atoms with Gasteiger partial charge in [-0.25, -0.2) is 9.59 Å². The highest BCUT2D eigenvalue weighted by atomic mass is 16.5. The van der Waals surface area contributed by atoms with Crippen molar-refractivity contribution >= 4 is 28.7 Å². The van der Waals surface area contributed by atoms with Crippen LogP contribution in [0.1, 0.15) is 41.8 Å². The van der Waals surface area contributed by atoms with Crippen molar-refractivity contribution in [1.82, 2.24) is 5.32 Å². The molecule has 8 nitrogen and oxygen atoms in total. The summed E-state index contributed by atoms with van der Waals surface area (Å²) in [6, 6.07) is 14.1. The molecule has 0 saturated heterocycles. The van der Waals surface area contributed by atoms with Gasteiger partial charge in [0.05, 0.1) is 6.61 Å². The lowest BCUT2D eigenvalue weighted by atomic mass is 10.0. The summed E-state index contributed by atoms with van der Waals surface area (Å²) in [5.41, 5.74) is 8.42. The highest BCUT2D eigenvalue weighted by Crippen LogP contribution is 2.24. The number of alkyl carbamates (subject to hydrolysis) is 1. The molecule has 0 unspecified atom stereocenters. The number of ether oxygens (including phenoxy) is 1.